The molecule has 1 atom stereocenters. The second kappa shape index (κ2) is 5.35. The molecule has 2 nitrogen and oxygen atoms in total. The van der Waals surface area contributed by atoms with Gasteiger partial charge in [0.25, 0.3) is 0 Å². The molecule has 0 amide bonds. The van der Waals surface area contributed by atoms with Gasteiger partial charge >= 0.3 is 0 Å². The molecule has 0 aliphatic heterocycles. The molecule has 0 bridgehead atoms. The van der Waals surface area contributed by atoms with Crippen LogP contribution < -0.4 is 9.47 Å². The molecule has 1 rings (SSSR count). The average Bonchev–Trinajstić information content (AvgIpc) is 2.18. The van der Waals surface area contributed by atoms with Crippen molar-refractivity contribution in [1.82, 2.24) is 0 Å². The third-order valence-corrected chi connectivity index (χ3v) is 2.40. The number of methoxy groups -OCH3 is 2. The van der Waals surface area contributed by atoms with Crippen LogP contribution in [-0.2, 0) is 6.42 Å². The van der Waals surface area contributed by atoms with Crippen molar-refractivity contribution in [3.63, 3.8) is 0 Å². The van der Waals surface area contributed by atoms with Crippen LogP contribution in [0.25, 0.3) is 0 Å². The van der Waals surface area contributed by atoms with Gasteiger partial charge in [0, 0.05) is 10.4 Å². The van der Waals surface area contributed by atoms with Crippen LogP contribution in [0.3, 0.4) is 0 Å². The minimum absolute atomic E-state index is 0.238. The van der Waals surface area contributed by atoms with Crippen LogP contribution in [0.15, 0.2) is 12.1 Å². The molecule has 0 fully saturated rings. The Morgan fingerprint density at radius 2 is 2.00 bits per heavy atom. The van der Waals surface area contributed by atoms with Gasteiger partial charge in [0.15, 0.2) is 11.6 Å². The van der Waals surface area contributed by atoms with E-state index in [1.54, 1.807) is 13.2 Å². The molecule has 0 saturated carbocycles. The highest BCUT2D eigenvalue weighted by Crippen LogP contribution is 2.33. The van der Waals surface area contributed by atoms with Gasteiger partial charge in [0.2, 0.25) is 0 Å². The molecule has 1 unspecified atom stereocenters. The Balaban J connectivity index is 3.21. The summed E-state index contributed by atoms with van der Waals surface area (Å²) in [6.45, 7) is 1.99. The van der Waals surface area contributed by atoms with E-state index in [0.29, 0.717) is 12.2 Å². The van der Waals surface area contributed by atoms with Gasteiger partial charge in [-0.2, -0.15) is 0 Å². The van der Waals surface area contributed by atoms with Gasteiger partial charge in [-0.3, -0.25) is 0 Å². The van der Waals surface area contributed by atoms with Gasteiger partial charge in [-0.1, -0.05) is 22.9 Å². The molecule has 0 saturated heterocycles. The first-order valence-corrected chi connectivity index (χ1v) is 5.55. The fraction of sp³-hybridized carbons (Fsp3) is 0.455. The Labute approximate surface area is 97.5 Å². The van der Waals surface area contributed by atoms with Gasteiger partial charge in [-0.05, 0) is 18.6 Å². The lowest BCUT2D eigenvalue weighted by atomic mass is 10.1. The number of rotatable bonds is 4. The molecule has 4 heteroatoms. The molecule has 1 aromatic carbocycles. The number of benzene rings is 1. The zero-order valence-corrected chi connectivity index (χ0v) is 10.6. The van der Waals surface area contributed by atoms with E-state index in [1.807, 2.05) is 6.92 Å². The zero-order chi connectivity index (χ0) is 11.4. The first kappa shape index (κ1) is 12.3. The molecule has 1 aromatic rings. The molecule has 0 aromatic heterocycles. The number of hydrogen-bond donors (Lipinski definition) is 0. The molecule has 0 spiro atoms. The molecular weight excluding hydrogens is 263 g/mol. The van der Waals surface area contributed by atoms with Crippen molar-refractivity contribution >= 4 is 15.9 Å². The van der Waals surface area contributed by atoms with E-state index in [0.717, 1.165) is 5.56 Å². The first-order valence-electron chi connectivity index (χ1n) is 4.63. The molecule has 0 aliphatic carbocycles. The molecule has 0 N–H and O–H groups in total. The van der Waals surface area contributed by atoms with Crippen LogP contribution in [0.5, 0.6) is 11.5 Å². The van der Waals surface area contributed by atoms with E-state index >= 15 is 0 Å². The van der Waals surface area contributed by atoms with Gasteiger partial charge in [-0.15, -0.1) is 0 Å². The fourth-order valence-electron chi connectivity index (χ4n) is 1.47. The monoisotopic (exact) mass is 276 g/mol. The highest BCUT2D eigenvalue weighted by molar-refractivity contribution is 9.09. The predicted molar refractivity (Wildman–Crippen MR) is 61.6 cm³/mol. The Bertz CT molecular complexity index is 340. The van der Waals surface area contributed by atoms with Gasteiger partial charge in [0.05, 0.1) is 14.2 Å². The van der Waals surface area contributed by atoms with E-state index in [9.17, 15) is 4.39 Å². The van der Waals surface area contributed by atoms with Crippen LogP contribution in [-0.4, -0.2) is 19.0 Å². The molecular formula is C11H14BrFO2. The van der Waals surface area contributed by atoms with Crippen LogP contribution in [0.1, 0.15) is 12.5 Å². The largest absolute Gasteiger partial charge is 0.496 e. The van der Waals surface area contributed by atoms with E-state index in [1.165, 1.54) is 13.2 Å². The van der Waals surface area contributed by atoms with Crippen LogP contribution in [0.2, 0.25) is 0 Å². The third kappa shape index (κ3) is 2.84. The van der Waals surface area contributed by atoms with Crippen molar-refractivity contribution in [3.8, 4) is 11.5 Å². The maximum atomic E-state index is 13.4. The van der Waals surface area contributed by atoms with Crippen LogP contribution in [0, 0.1) is 5.82 Å². The number of alkyl halides is 1. The highest BCUT2D eigenvalue weighted by atomic mass is 79.9. The minimum atomic E-state index is -0.360. The van der Waals surface area contributed by atoms with Crippen LogP contribution >= 0.6 is 15.9 Å². The van der Waals surface area contributed by atoms with Crippen molar-refractivity contribution in [3.05, 3.63) is 23.5 Å². The number of hydrogen-bond acceptors (Lipinski definition) is 2. The zero-order valence-electron chi connectivity index (χ0n) is 9.01. The van der Waals surface area contributed by atoms with Gasteiger partial charge in [0.1, 0.15) is 5.75 Å². The fourth-order valence-corrected chi connectivity index (χ4v) is 1.79. The summed E-state index contributed by atoms with van der Waals surface area (Å²) in [5.74, 6) is 0.557. The SMILES string of the molecule is COc1ccc(F)c(OC)c1CC(C)Br. The topological polar surface area (TPSA) is 18.5 Å². The van der Waals surface area contributed by atoms with Crippen molar-refractivity contribution < 1.29 is 13.9 Å². The number of halogens is 2. The summed E-state index contributed by atoms with van der Waals surface area (Å²) in [5, 5.41) is 0. The summed E-state index contributed by atoms with van der Waals surface area (Å²) in [6, 6.07) is 2.96. The smallest absolute Gasteiger partial charge is 0.165 e. The quantitative estimate of drug-likeness (QED) is 0.787. The van der Waals surface area contributed by atoms with E-state index in [4.69, 9.17) is 9.47 Å². The predicted octanol–water partition coefficient (Wildman–Crippen LogP) is 3.17. The molecule has 84 valence electrons. The minimum Gasteiger partial charge on any atom is -0.496 e. The maximum absolute atomic E-state index is 13.4. The average molecular weight is 277 g/mol. The highest BCUT2D eigenvalue weighted by Gasteiger charge is 2.16. The van der Waals surface area contributed by atoms with E-state index in [2.05, 4.69) is 15.9 Å². The second-order valence-electron chi connectivity index (χ2n) is 3.25. The maximum Gasteiger partial charge on any atom is 0.165 e. The normalized spacial score (nSPS) is 12.3. The van der Waals surface area contributed by atoms with Crippen molar-refractivity contribution in [1.29, 1.82) is 0 Å². The van der Waals surface area contributed by atoms with Crippen molar-refractivity contribution in [2.45, 2.75) is 18.2 Å². The second-order valence-corrected chi connectivity index (χ2v) is 4.81. The molecule has 0 aliphatic rings. The Hall–Kier alpha value is -0.770. The Morgan fingerprint density at radius 3 is 2.47 bits per heavy atom. The summed E-state index contributed by atoms with van der Waals surface area (Å²) >= 11 is 3.43. The van der Waals surface area contributed by atoms with Crippen molar-refractivity contribution in [2.75, 3.05) is 14.2 Å². The summed E-state index contributed by atoms with van der Waals surface area (Å²) < 4.78 is 23.6. The standard InChI is InChI=1S/C11H14BrFO2/c1-7(12)6-8-10(14-2)5-4-9(13)11(8)15-3/h4-5,7H,6H2,1-3H3. The third-order valence-electron chi connectivity index (χ3n) is 2.08. The summed E-state index contributed by atoms with van der Waals surface area (Å²) in [4.78, 5) is 0.238. The lowest BCUT2D eigenvalue weighted by Crippen LogP contribution is -2.04. The molecule has 0 heterocycles. The summed E-state index contributed by atoms with van der Waals surface area (Å²) in [6.07, 6.45) is 0.657. The Kier molecular flexibility index (Phi) is 4.39. The lowest BCUT2D eigenvalue weighted by molar-refractivity contribution is 0.365. The Morgan fingerprint density at radius 1 is 1.33 bits per heavy atom. The van der Waals surface area contributed by atoms with Crippen molar-refractivity contribution in [2.24, 2.45) is 0 Å². The van der Waals surface area contributed by atoms with Gasteiger partial charge < -0.3 is 9.47 Å². The van der Waals surface area contributed by atoms with Crippen LogP contribution in [0.4, 0.5) is 4.39 Å². The molecule has 0 radical (unpaired) electrons. The lowest BCUT2D eigenvalue weighted by Gasteiger charge is -2.14. The summed E-state index contributed by atoms with van der Waals surface area (Å²) in [5.41, 5.74) is 0.754. The summed E-state index contributed by atoms with van der Waals surface area (Å²) in [7, 11) is 3.02. The van der Waals surface area contributed by atoms with E-state index in [-0.39, 0.29) is 16.4 Å². The van der Waals surface area contributed by atoms with Gasteiger partial charge in [-0.25, -0.2) is 4.39 Å². The first-order chi connectivity index (χ1) is 7.10. The molecule has 15 heavy (non-hydrogen) atoms. The van der Waals surface area contributed by atoms with E-state index < -0.39 is 0 Å². The number of ether oxygens (including phenoxy) is 2.